The molecule has 7 nitrogen and oxygen atoms in total. The van der Waals surface area contributed by atoms with Crippen LogP contribution in [-0.4, -0.2) is 34.7 Å². The van der Waals surface area contributed by atoms with E-state index in [9.17, 15) is 14.9 Å². The van der Waals surface area contributed by atoms with Crippen LogP contribution in [0.5, 0.6) is 0 Å². The summed E-state index contributed by atoms with van der Waals surface area (Å²) in [4.78, 5) is 22.6. The first kappa shape index (κ1) is 23.9. The van der Waals surface area contributed by atoms with Gasteiger partial charge in [0, 0.05) is 17.8 Å². The lowest BCUT2D eigenvalue weighted by atomic mass is 9.75. The number of nitrogens with one attached hydrogen (secondary N) is 1. The zero-order valence-electron chi connectivity index (χ0n) is 19.0. The topological polar surface area (TPSA) is 102 Å². The summed E-state index contributed by atoms with van der Waals surface area (Å²) in [5, 5.41) is 24.4. The zero-order chi connectivity index (χ0) is 23.4. The third-order valence-corrected chi connectivity index (χ3v) is 6.58. The van der Waals surface area contributed by atoms with Gasteiger partial charge in [0.15, 0.2) is 0 Å². The highest BCUT2D eigenvalue weighted by atomic mass is 16.6. The van der Waals surface area contributed by atoms with Crippen LogP contribution in [-0.2, 0) is 15.1 Å². The van der Waals surface area contributed by atoms with E-state index in [4.69, 9.17) is 9.84 Å². The summed E-state index contributed by atoms with van der Waals surface area (Å²) in [6, 6.07) is 16.2. The van der Waals surface area contributed by atoms with Gasteiger partial charge in [0.25, 0.3) is 0 Å². The van der Waals surface area contributed by atoms with Crippen LogP contribution in [0.25, 0.3) is 0 Å². The molecular formula is C25H32N2O5. The minimum absolute atomic E-state index is 0.00698. The molecule has 1 fully saturated rings. The van der Waals surface area contributed by atoms with Gasteiger partial charge in [-0.3, -0.25) is 20.2 Å². The van der Waals surface area contributed by atoms with E-state index in [-0.39, 0.29) is 36.8 Å². The van der Waals surface area contributed by atoms with Gasteiger partial charge < -0.3 is 9.84 Å². The van der Waals surface area contributed by atoms with Crippen molar-refractivity contribution < 1.29 is 19.6 Å². The Bertz CT molecular complexity index is 932. The van der Waals surface area contributed by atoms with E-state index in [0.29, 0.717) is 13.0 Å². The molecule has 3 atom stereocenters. The molecule has 2 N–H and O–H groups in total. The van der Waals surface area contributed by atoms with Gasteiger partial charge in [-0.05, 0) is 38.3 Å². The molecular weight excluding hydrogens is 408 g/mol. The van der Waals surface area contributed by atoms with Crippen molar-refractivity contribution in [2.24, 2.45) is 0 Å². The van der Waals surface area contributed by atoms with Crippen LogP contribution in [0.1, 0.15) is 61.0 Å². The third kappa shape index (κ3) is 5.34. The summed E-state index contributed by atoms with van der Waals surface area (Å²) < 4.78 is 6.34. The molecule has 3 rings (SSSR count). The van der Waals surface area contributed by atoms with Gasteiger partial charge in [0.1, 0.15) is 0 Å². The highest BCUT2D eigenvalue weighted by Crippen LogP contribution is 2.38. The number of nitro groups is 1. The lowest BCUT2D eigenvalue weighted by Gasteiger charge is -2.44. The van der Waals surface area contributed by atoms with E-state index >= 15 is 0 Å². The highest BCUT2D eigenvalue weighted by molar-refractivity contribution is 5.66. The average molecular weight is 441 g/mol. The maximum Gasteiger partial charge on any atom is 0.303 e. The molecule has 0 saturated carbocycles. The number of piperidine rings is 1. The van der Waals surface area contributed by atoms with E-state index < -0.39 is 17.0 Å². The Balaban J connectivity index is 1.81. The summed E-state index contributed by atoms with van der Waals surface area (Å²) in [5.74, 6) is -1.02. The van der Waals surface area contributed by atoms with Crippen molar-refractivity contribution in [2.45, 2.75) is 63.6 Å². The number of nitrogens with zero attached hydrogens (tertiary/aromatic N) is 1. The van der Waals surface area contributed by atoms with E-state index in [1.165, 1.54) is 11.1 Å². The minimum Gasteiger partial charge on any atom is -0.481 e. The van der Waals surface area contributed by atoms with Crippen molar-refractivity contribution in [3.8, 4) is 0 Å². The Kier molecular flexibility index (Phi) is 7.31. The monoisotopic (exact) mass is 440 g/mol. The van der Waals surface area contributed by atoms with Gasteiger partial charge in [-0.2, -0.15) is 0 Å². The summed E-state index contributed by atoms with van der Waals surface area (Å²) in [5.41, 5.74) is 2.62. The maximum atomic E-state index is 11.9. The quantitative estimate of drug-likeness (QED) is 0.438. The predicted octanol–water partition coefficient (Wildman–Crippen LogP) is 4.54. The van der Waals surface area contributed by atoms with Crippen molar-refractivity contribution in [3.63, 3.8) is 0 Å². The number of rotatable bonds is 9. The Morgan fingerprint density at radius 2 is 1.84 bits per heavy atom. The molecule has 0 aromatic heterocycles. The summed E-state index contributed by atoms with van der Waals surface area (Å²) in [7, 11) is 0. The number of ether oxygens (including phenoxy) is 1. The molecule has 2 aromatic carbocycles. The van der Waals surface area contributed by atoms with Crippen molar-refractivity contribution in [2.75, 3.05) is 13.2 Å². The van der Waals surface area contributed by atoms with Crippen molar-refractivity contribution in [1.29, 1.82) is 0 Å². The molecule has 1 aliphatic heterocycles. The summed E-state index contributed by atoms with van der Waals surface area (Å²) in [6.45, 7) is 6.60. The SMILES string of the molecule is Cc1cc(C)cc([C@@H](C)OC[C@@]2(c3ccccc3)CC[C@@](CCC(=O)O)([N+](=O)[O-])CN2)c1. The van der Waals surface area contributed by atoms with Gasteiger partial charge in [-0.25, -0.2) is 0 Å². The average Bonchev–Trinajstić information content (AvgIpc) is 2.76. The number of benzene rings is 2. The van der Waals surface area contributed by atoms with E-state index in [1.54, 1.807) is 0 Å². The van der Waals surface area contributed by atoms with E-state index in [1.807, 2.05) is 37.3 Å². The lowest BCUT2D eigenvalue weighted by molar-refractivity contribution is -0.573. The first-order valence-corrected chi connectivity index (χ1v) is 11.0. The smallest absolute Gasteiger partial charge is 0.303 e. The van der Waals surface area contributed by atoms with Gasteiger partial charge in [-0.1, -0.05) is 59.7 Å². The first-order chi connectivity index (χ1) is 15.2. The molecule has 0 unspecified atom stereocenters. The highest BCUT2D eigenvalue weighted by Gasteiger charge is 2.51. The van der Waals surface area contributed by atoms with Crippen LogP contribution in [0, 0.1) is 24.0 Å². The number of carboxylic acids is 1. The molecule has 2 aromatic rings. The fraction of sp³-hybridized carbons (Fsp3) is 0.480. The van der Waals surface area contributed by atoms with Gasteiger partial charge in [0.05, 0.1) is 31.2 Å². The lowest BCUT2D eigenvalue weighted by Crippen LogP contribution is -2.61. The number of carboxylic acid groups (broad SMARTS) is 1. The normalized spacial score (nSPS) is 24.1. The number of aryl methyl sites for hydroxylation is 2. The minimum atomic E-state index is -1.28. The number of carbonyl (C=O) groups is 1. The maximum absolute atomic E-state index is 11.9. The fourth-order valence-corrected chi connectivity index (χ4v) is 4.57. The molecule has 0 spiro atoms. The Morgan fingerprint density at radius 3 is 2.38 bits per heavy atom. The molecule has 1 aliphatic rings. The molecule has 0 radical (unpaired) electrons. The molecule has 32 heavy (non-hydrogen) atoms. The molecule has 7 heteroatoms. The second kappa shape index (κ2) is 9.79. The standard InChI is InChI=1S/C25H32N2O5/c1-18-13-19(2)15-21(14-18)20(3)32-17-25(22-7-5-4-6-8-22)12-11-24(16-26-25,27(30)31)10-9-23(28)29/h4-8,13-15,20,26H,9-12,16-17H2,1-3H3,(H,28,29)/t20-,24-,25-/m1/s1. The number of hydrogen-bond acceptors (Lipinski definition) is 5. The van der Waals surface area contributed by atoms with E-state index in [2.05, 4.69) is 37.4 Å². The molecule has 1 heterocycles. The van der Waals surface area contributed by atoms with E-state index in [0.717, 1.165) is 11.1 Å². The molecule has 172 valence electrons. The van der Waals surface area contributed by atoms with Gasteiger partial charge in [0.2, 0.25) is 5.54 Å². The Morgan fingerprint density at radius 1 is 1.19 bits per heavy atom. The first-order valence-electron chi connectivity index (χ1n) is 11.0. The molecule has 1 saturated heterocycles. The van der Waals surface area contributed by atoms with Crippen molar-refractivity contribution >= 4 is 5.97 Å². The zero-order valence-corrected chi connectivity index (χ0v) is 19.0. The number of hydrogen-bond donors (Lipinski definition) is 2. The molecule has 0 bridgehead atoms. The van der Waals surface area contributed by atoms with Crippen LogP contribution < -0.4 is 5.32 Å². The predicted molar refractivity (Wildman–Crippen MR) is 122 cm³/mol. The Labute approximate surface area is 188 Å². The van der Waals surface area contributed by atoms with Crippen LogP contribution in [0.4, 0.5) is 0 Å². The van der Waals surface area contributed by atoms with Crippen LogP contribution >= 0.6 is 0 Å². The van der Waals surface area contributed by atoms with Gasteiger partial charge in [-0.15, -0.1) is 0 Å². The Hall–Kier alpha value is -2.77. The number of aliphatic carboxylic acids is 1. The largest absolute Gasteiger partial charge is 0.481 e. The van der Waals surface area contributed by atoms with Crippen LogP contribution in [0.15, 0.2) is 48.5 Å². The third-order valence-electron chi connectivity index (χ3n) is 6.58. The fourth-order valence-electron chi connectivity index (χ4n) is 4.57. The summed E-state index contributed by atoms with van der Waals surface area (Å²) >= 11 is 0. The second-order valence-corrected chi connectivity index (χ2v) is 9.05. The summed E-state index contributed by atoms with van der Waals surface area (Å²) in [6.07, 6.45) is 0.423. The molecule has 0 aliphatic carbocycles. The van der Waals surface area contributed by atoms with Crippen LogP contribution in [0.3, 0.4) is 0 Å². The second-order valence-electron chi connectivity index (χ2n) is 9.05. The molecule has 0 amide bonds. The van der Waals surface area contributed by atoms with Gasteiger partial charge >= 0.3 is 5.97 Å². The van der Waals surface area contributed by atoms with Crippen molar-refractivity contribution in [1.82, 2.24) is 5.32 Å². The van der Waals surface area contributed by atoms with Crippen LogP contribution in [0.2, 0.25) is 0 Å². The van der Waals surface area contributed by atoms with Crippen molar-refractivity contribution in [3.05, 3.63) is 80.9 Å².